The van der Waals surface area contributed by atoms with E-state index in [9.17, 15) is 10.0 Å². The zero-order valence-electron chi connectivity index (χ0n) is 50.8. The Balaban J connectivity index is 0.000000123. The van der Waals surface area contributed by atoms with Crippen molar-refractivity contribution in [3.05, 3.63) is 296 Å². The van der Waals surface area contributed by atoms with Gasteiger partial charge in [-0.25, -0.2) is 29.9 Å². The fourth-order valence-corrected chi connectivity index (χ4v) is 16.5. The first-order valence-corrected chi connectivity index (χ1v) is 34.5. The second-order valence-corrected chi connectivity index (χ2v) is 27.0. The lowest BCUT2D eigenvalue weighted by molar-refractivity contribution is 0.426. The molecule has 6 heterocycles. The van der Waals surface area contributed by atoms with Gasteiger partial charge in [-0.2, -0.15) is 9.97 Å². The summed E-state index contributed by atoms with van der Waals surface area (Å²) in [7, 11) is -1.51. The summed E-state index contributed by atoms with van der Waals surface area (Å²) in [6.45, 7) is 0. The van der Waals surface area contributed by atoms with Gasteiger partial charge in [-0.05, 0) is 98.6 Å². The highest BCUT2D eigenvalue weighted by atomic mass is 35.5. The highest BCUT2D eigenvalue weighted by Crippen LogP contribution is 2.47. The summed E-state index contributed by atoms with van der Waals surface area (Å²) >= 11 is 12.6. The summed E-state index contributed by atoms with van der Waals surface area (Å²) in [6, 6.07) is 98.9. The number of aromatic nitrogens is 8. The van der Waals surface area contributed by atoms with Crippen molar-refractivity contribution in [2.24, 2.45) is 0 Å². The second-order valence-electron chi connectivity index (χ2n) is 22.5. The van der Waals surface area contributed by atoms with Crippen molar-refractivity contribution in [3.63, 3.8) is 0 Å². The molecule has 0 saturated carbocycles. The van der Waals surface area contributed by atoms with Crippen LogP contribution in [0.1, 0.15) is 0 Å². The average Bonchev–Trinajstić information content (AvgIpc) is 1.61. The van der Waals surface area contributed by atoms with Gasteiger partial charge in [-0.15, -0.1) is 45.3 Å². The first-order chi connectivity index (χ1) is 47.3. The van der Waals surface area contributed by atoms with Crippen LogP contribution in [0.2, 0.25) is 5.28 Å². The number of benzene rings is 12. The molecule has 0 fully saturated rings. The van der Waals surface area contributed by atoms with Crippen LogP contribution in [0.5, 0.6) is 0 Å². The van der Waals surface area contributed by atoms with E-state index in [0.717, 1.165) is 99.8 Å². The smallest absolute Gasteiger partial charge is 0.423 e. The minimum Gasteiger partial charge on any atom is -0.423 e. The average molecular weight is 1330 g/mol. The maximum absolute atomic E-state index is 10.1. The summed E-state index contributed by atoms with van der Waals surface area (Å²) in [4.78, 5) is 37.7. The van der Waals surface area contributed by atoms with Crippen molar-refractivity contribution in [2.75, 3.05) is 0 Å². The molecular weight excluding hydrogens is 1280 g/mol. The van der Waals surface area contributed by atoms with E-state index in [2.05, 4.69) is 153 Å². The molecule has 0 aliphatic carbocycles. The van der Waals surface area contributed by atoms with E-state index >= 15 is 0 Å². The molecule has 16 heteroatoms. The molecule has 0 bridgehead atoms. The Bertz CT molecular complexity index is 5780. The zero-order valence-corrected chi connectivity index (χ0v) is 54.8. The van der Waals surface area contributed by atoms with E-state index in [1.807, 2.05) is 158 Å². The van der Waals surface area contributed by atoms with Gasteiger partial charge in [0.2, 0.25) is 5.28 Å². The summed E-state index contributed by atoms with van der Waals surface area (Å²) in [5, 5.41) is 26.4. The van der Waals surface area contributed by atoms with Crippen molar-refractivity contribution in [3.8, 4) is 100 Å². The van der Waals surface area contributed by atoms with Crippen molar-refractivity contribution < 1.29 is 10.0 Å². The lowest BCUT2D eigenvalue weighted by Gasteiger charge is -2.10. The van der Waals surface area contributed by atoms with E-state index in [1.54, 1.807) is 45.3 Å². The van der Waals surface area contributed by atoms with E-state index in [1.165, 1.54) is 32.2 Å². The fraction of sp³-hybridized carbons (Fsp3) is 0. The van der Waals surface area contributed by atoms with Gasteiger partial charge in [-0.1, -0.05) is 249 Å². The first-order valence-electron chi connectivity index (χ1n) is 30.9. The molecule has 456 valence electrons. The van der Waals surface area contributed by atoms with Crippen molar-refractivity contribution in [2.45, 2.75) is 0 Å². The summed E-state index contributed by atoms with van der Waals surface area (Å²) in [5.74, 6) is 2.90. The third-order valence-corrected chi connectivity index (χ3v) is 21.2. The van der Waals surface area contributed by atoms with Crippen molar-refractivity contribution in [1.82, 2.24) is 39.9 Å². The minimum atomic E-state index is -1.51. The van der Waals surface area contributed by atoms with Gasteiger partial charge >= 0.3 is 7.12 Å². The largest absolute Gasteiger partial charge is 0.489 e. The van der Waals surface area contributed by atoms with Crippen LogP contribution < -0.4 is 5.46 Å². The minimum absolute atomic E-state index is 0.170. The van der Waals surface area contributed by atoms with Gasteiger partial charge in [0.1, 0.15) is 0 Å². The van der Waals surface area contributed by atoms with Gasteiger partial charge in [0.05, 0.1) is 20.4 Å². The van der Waals surface area contributed by atoms with Crippen LogP contribution in [-0.4, -0.2) is 57.0 Å². The Labute approximate surface area is 572 Å². The molecule has 10 nitrogen and oxygen atoms in total. The number of para-hydroxylation sites is 2. The van der Waals surface area contributed by atoms with Crippen LogP contribution >= 0.6 is 56.9 Å². The number of halogens is 1. The standard InChI is InChI=1S/C40H24N4S2.C24H17BO2S.C16H9ClN4S/c1-4-13-25(14-5-1)28-23-31-30-20-12-19-29(26-15-6-2-7-16-26)35(30)46-36(31)32(24-28)38-42-37(27-17-8-3-9-18-27)43-39(44-38)40-41-33-21-10-11-22-34(33)45-40;26-25(27)22-15-18(16-8-3-1-4-9-16)14-21-20-13-7-12-19(23(20)28-24(21)22)17-10-5-2-6-11-17;17-16-20-13(10-6-2-1-3-7-10)19-14(21-16)15-18-11-8-4-5-9-12(11)22-15/h1-24H;1-15,26-27H;1-9H. The predicted molar refractivity (Wildman–Crippen MR) is 402 cm³/mol. The molecule has 0 aliphatic rings. The van der Waals surface area contributed by atoms with Crippen LogP contribution in [0.3, 0.4) is 0 Å². The maximum Gasteiger partial charge on any atom is 0.489 e. The van der Waals surface area contributed by atoms with Gasteiger partial charge in [0.25, 0.3) is 0 Å². The number of nitrogens with zero attached hydrogens (tertiary/aromatic N) is 8. The van der Waals surface area contributed by atoms with Gasteiger partial charge in [0.15, 0.2) is 39.1 Å². The number of fused-ring (bicyclic) bond motifs is 8. The molecule has 96 heavy (non-hydrogen) atoms. The quantitative estimate of drug-likeness (QED) is 0.127. The molecule has 18 aromatic rings. The Morgan fingerprint density at radius 1 is 0.260 bits per heavy atom. The third kappa shape index (κ3) is 12.1. The van der Waals surface area contributed by atoms with Crippen LogP contribution in [0.25, 0.3) is 161 Å². The van der Waals surface area contributed by atoms with E-state index in [0.29, 0.717) is 34.6 Å². The molecule has 0 spiro atoms. The van der Waals surface area contributed by atoms with E-state index < -0.39 is 7.12 Å². The lowest BCUT2D eigenvalue weighted by atomic mass is 9.78. The molecule has 0 radical (unpaired) electrons. The number of thiazole rings is 2. The van der Waals surface area contributed by atoms with E-state index in [4.69, 9.17) is 31.5 Å². The third-order valence-electron chi connectivity index (χ3n) is 16.4. The number of hydrogen-bond donors (Lipinski definition) is 2. The normalized spacial score (nSPS) is 11.3. The molecule has 0 saturated heterocycles. The molecule has 0 amide bonds. The molecule has 12 aromatic carbocycles. The SMILES string of the molecule is Clc1nc(-c2ccccc2)nc(-c2nc3ccccc3s2)n1.OB(O)c1cc(-c2ccccc2)cc2c1sc1c(-c3ccccc3)cccc12.c1ccc(-c2cc(-c3nc(-c4ccccc4)nc(-c4nc5ccccc5s4)n3)c3sc4c(-c5ccccc5)cccc4c3c2)cc1. The number of thiophene rings is 2. The zero-order chi connectivity index (χ0) is 64.5. The predicted octanol–water partition coefficient (Wildman–Crippen LogP) is 20.7. The second kappa shape index (κ2) is 26.5. The molecule has 6 aromatic heterocycles. The van der Waals surface area contributed by atoms with E-state index in [-0.39, 0.29) is 5.28 Å². The monoisotopic (exact) mass is 1330 g/mol. The molecule has 18 rings (SSSR count). The Morgan fingerprint density at radius 2 is 0.625 bits per heavy atom. The molecule has 0 aliphatic heterocycles. The van der Waals surface area contributed by atoms with Gasteiger partial charge in [-0.3, -0.25) is 0 Å². The van der Waals surface area contributed by atoms with Crippen LogP contribution in [0.4, 0.5) is 0 Å². The number of rotatable bonds is 10. The van der Waals surface area contributed by atoms with Crippen molar-refractivity contribution >= 4 is 130 Å². The Kier molecular flexibility index (Phi) is 16.6. The topological polar surface area (TPSA) is 144 Å². The summed E-state index contributed by atoms with van der Waals surface area (Å²) in [5.41, 5.74) is 14.3. The fourth-order valence-electron chi connectivity index (χ4n) is 11.9. The summed E-state index contributed by atoms with van der Waals surface area (Å²) < 4.78 is 6.68. The highest BCUT2D eigenvalue weighted by Gasteiger charge is 2.24. The van der Waals surface area contributed by atoms with Crippen LogP contribution in [-0.2, 0) is 0 Å². The van der Waals surface area contributed by atoms with Crippen LogP contribution in [0, 0.1) is 0 Å². The molecule has 0 unspecified atom stereocenters. The van der Waals surface area contributed by atoms with Gasteiger partial charge in [0, 0.05) is 62.5 Å². The number of hydrogen-bond acceptors (Lipinski definition) is 14. The van der Waals surface area contributed by atoms with Crippen molar-refractivity contribution in [1.29, 1.82) is 0 Å². The Morgan fingerprint density at radius 3 is 1.10 bits per heavy atom. The first kappa shape index (κ1) is 60.1. The lowest BCUT2D eigenvalue weighted by Crippen LogP contribution is -2.30. The highest BCUT2D eigenvalue weighted by molar-refractivity contribution is 7.28. The molecule has 0 atom stereocenters. The Hall–Kier alpha value is -10.8. The van der Waals surface area contributed by atoms with Gasteiger partial charge < -0.3 is 10.0 Å². The molecule has 2 N–H and O–H groups in total. The van der Waals surface area contributed by atoms with Crippen LogP contribution in [0.15, 0.2) is 291 Å². The summed E-state index contributed by atoms with van der Waals surface area (Å²) in [6.07, 6.45) is 0. The maximum atomic E-state index is 10.1. The molecular formula is C80H50BClN8O2S4.